The number of rotatable bonds is 13. The fourth-order valence-corrected chi connectivity index (χ4v) is 5.86. The lowest BCUT2D eigenvalue weighted by atomic mass is 9.97. The highest BCUT2D eigenvalue weighted by Crippen LogP contribution is 2.36. The second-order valence-electron chi connectivity index (χ2n) is 11.9. The summed E-state index contributed by atoms with van der Waals surface area (Å²) in [6.45, 7) is 7.82. The first-order valence-corrected chi connectivity index (χ1v) is 17.5. The summed E-state index contributed by atoms with van der Waals surface area (Å²) in [4.78, 5) is 0. The Balaban J connectivity index is 1.34. The minimum atomic E-state index is -0.612. The molecular formula is C35H58O10. The summed E-state index contributed by atoms with van der Waals surface area (Å²) in [5.74, 6) is 0. The lowest BCUT2D eigenvalue weighted by Crippen LogP contribution is -2.64. The molecule has 45 heavy (non-hydrogen) atoms. The van der Waals surface area contributed by atoms with Gasteiger partial charge in [-0.2, -0.15) is 0 Å². The van der Waals surface area contributed by atoms with Crippen molar-refractivity contribution in [2.75, 3.05) is 79.3 Å². The zero-order valence-corrected chi connectivity index (χ0v) is 27.5. The van der Waals surface area contributed by atoms with Gasteiger partial charge in [-0.1, -0.05) is 95.0 Å². The van der Waals surface area contributed by atoms with Gasteiger partial charge >= 0.3 is 0 Å². The molecule has 0 aliphatic carbocycles. The first-order chi connectivity index (χ1) is 22.4. The number of ether oxygens (including phenoxy) is 10. The molecule has 10 heteroatoms. The van der Waals surface area contributed by atoms with Gasteiger partial charge in [0.1, 0.15) is 24.4 Å². The average molecular weight is 639 g/mol. The first-order valence-electron chi connectivity index (χ1n) is 17.5. The highest BCUT2D eigenvalue weighted by atomic mass is 16.8. The molecule has 10 nitrogen and oxygen atoms in total. The van der Waals surface area contributed by atoms with Gasteiger partial charge in [-0.25, -0.2) is 0 Å². The molecule has 258 valence electrons. The topological polar surface area (TPSA) is 92.3 Å². The third kappa shape index (κ3) is 13.8. The summed E-state index contributed by atoms with van der Waals surface area (Å²) in [5.41, 5.74) is 0.951. The van der Waals surface area contributed by atoms with Crippen LogP contribution < -0.4 is 0 Å². The Kier molecular flexibility index (Phi) is 18.9. The van der Waals surface area contributed by atoms with E-state index in [0.29, 0.717) is 79.3 Å². The molecule has 0 aromatic heterocycles. The van der Waals surface area contributed by atoms with Crippen molar-refractivity contribution in [3.05, 3.63) is 35.9 Å². The van der Waals surface area contributed by atoms with Gasteiger partial charge in [0.2, 0.25) is 0 Å². The number of hydrogen-bond acceptors (Lipinski definition) is 10. The van der Waals surface area contributed by atoms with Gasteiger partial charge in [-0.15, -0.1) is 0 Å². The number of hydrogen-bond donors (Lipinski definition) is 0. The van der Waals surface area contributed by atoms with Crippen LogP contribution in [-0.2, 0) is 47.4 Å². The van der Waals surface area contributed by atoms with Crippen LogP contribution in [0.5, 0.6) is 0 Å². The average Bonchev–Trinajstić information content (AvgIpc) is 3.07. The Morgan fingerprint density at radius 3 is 1.69 bits per heavy atom. The number of benzene rings is 1. The Bertz CT molecular complexity index is 845. The smallest absolute Gasteiger partial charge is 0.186 e. The molecule has 0 bridgehead atoms. The van der Waals surface area contributed by atoms with E-state index in [-0.39, 0.29) is 6.10 Å². The summed E-state index contributed by atoms with van der Waals surface area (Å²) in [6.07, 6.45) is 9.84. The summed E-state index contributed by atoms with van der Waals surface area (Å²) in [5, 5.41) is 0. The normalized spacial score (nSPS) is 29.6. The van der Waals surface area contributed by atoms with Crippen molar-refractivity contribution in [2.24, 2.45) is 0 Å². The quantitative estimate of drug-likeness (QED) is 0.254. The molecule has 0 saturated carbocycles. The van der Waals surface area contributed by atoms with E-state index in [1.54, 1.807) is 0 Å². The zero-order chi connectivity index (χ0) is 31.2. The fourth-order valence-electron chi connectivity index (χ4n) is 5.86. The van der Waals surface area contributed by atoms with Crippen molar-refractivity contribution >= 4 is 0 Å². The molecule has 0 spiro atoms. The molecule has 3 saturated heterocycles. The first kappa shape index (κ1) is 36.7. The summed E-state index contributed by atoms with van der Waals surface area (Å²) in [6, 6.07) is 9.95. The van der Waals surface area contributed by atoms with Crippen LogP contribution in [0.3, 0.4) is 0 Å². The van der Waals surface area contributed by atoms with Crippen LogP contribution in [-0.4, -0.2) is 110 Å². The van der Waals surface area contributed by atoms with Gasteiger partial charge in [0.25, 0.3) is 0 Å². The van der Waals surface area contributed by atoms with Crippen molar-refractivity contribution in [1.82, 2.24) is 0 Å². The fraction of sp³-hybridized carbons (Fsp3) is 0.829. The molecule has 0 amide bonds. The predicted octanol–water partition coefficient (Wildman–Crippen LogP) is 5.61. The Morgan fingerprint density at radius 1 is 0.556 bits per heavy atom. The molecule has 6 atom stereocenters. The van der Waals surface area contributed by atoms with Crippen molar-refractivity contribution in [2.45, 2.75) is 108 Å². The van der Waals surface area contributed by atoms with Gasteiger partial charge in [-0.3, -0.25) is 0 Å². The van der Waals surface area contributed by atoms with E-state index in [9.17, 15) is 0 Å². The zero-order valence-electron chi connectivity index (χ0n) is 27.5. The molecule has 1 unspecified atom stereocenters. The Morgan fingerprint density at radius 2 is 1.09 bits per heavy atom. The molecule has 0 radical (unpaired) electrons. The molecular weight excluding hydrogens is 580 g/mol. The van der Waals surface area contributed by atoms with Crippen LogP contribution in [0.4, 0.5) is 0 Å². The Hall–Kier alpha value is -1.18. The lowest BCUT2D eigenvalue weighted by Gasteiger charge is -2.49. The number of unbranched alkanes of at least 4 members (excludes halogenated alkanes) is 9. The summed E-state index contributed by atoms with van der Waals surface area (Å²) >= 11 is 0. The summed E-state index contributed by atoms with van der Waals surface area (Å²) < 4.78 is 61.1. The standard InChI is InChI=1S/C35H58O10/c1-2-3-4-5-6-7-8-9-10-14-17-42-35-33-32(31-30(44-35)28-43-34(45-31)29-15-12-11-13-16-29)40-26-24-38-22-20-36-18-19-37-21-23-39-25-27-41-33/h11-13,15-16,30-35H,2-10,14,17-28H2,1H3/t30-,31-,32+,33-,34?,35-/m1/s1. The highest BCUT2D eigenvalue weighted by molar-refractivity contribution is 5.16. The third-order valence-corrected chi connectivity index (χ3v) is 8.33. The minimum absolute atomic E-state index is 0.354. The molecule has 4 rings (SSSR count). The molecule has 1 aromatic carbocycles. The van der Waals surface area contributed by atoms with Gasteiger partial charge < -0.3 is 47.4 Å². The summed E-state index contributed by atoms with van der Waals surface area (Å²) in [7, 11) is 0. The van der Waals surface area contributed by atoms with Crippen LogP contribution in [0.1, 0.15) is 83.0 Å². The van der Waals surface area contributed by atoms with Crippen molar-refractivity contribution in [1.29, 1.82) is 0 Å². The Labute approximate surface area is 270 Å². The lowest BCUT2D eigenvalue weighted by molar-refractivity contribution is -0.371. The largest absolute Gasteiger partial charge is 0.377 e. The van der Waals surface area contributed by atoms with Crippen LogP contribution in [0, 0.1) is 0 Å². The van der Waals surface area contributed by atoms with E-state index in [0.717, 1.165) is 18.4 Å². The molecule has 3 aliphatic rings. The van der Waals surface area contributed by atoms with E-state index < -0.39 is 30.9 Å². The monoisotopic (exact) mass is 638 g/mol. The maximum atomic E-state index is 6.53. The second kappa shape index (κ2) is 23.2. The molecule has 3 aliphatic heterocycles. The maximum Gasteiger partial charge on any atom is 0.186 e. The van der Waals surface area contributed by atoms with Gasteiger partial charge in [0, 0.05) is 12.2 Å². The molecule has 3 heterocycles. The molecule has 3 fully saturated rings. The van der Waals surface area contributed by atoms with Crippen molar-refractivity contribution < 1.29 is 47.4 Å². The van der Waals surface area contributed by atoms with Crippen LogP contribution in [0.2, 0.25) is 0 Å². The van der Waals surface area contributed by atoms with E-state index in [4.69, 9.17) is 47.4 Å². The molecule has 1 aromatic rings. The van der Waals surface area contributed by atoms with Gasteiger partial charge in [-0.05, 0) is 6.42 Å². The van der Waals surface area contributed by atoms with Gasteiger partial charge in [0.15, 0.2) is 12.6 Å². The van der Waals surface area contributed by atoms with Crippen LogP contribution in [0.15, 0.2) is 30.3 Å². The van der Waals surface area contributed by atoms with Crippen molar-refractivity contribution in [3.8, 4) is 0 Å². The predicted molar refractivity (Wildman–Crippen MR) is 169 cm³/mol. The van der Waals surface area contributed by atoms with Crippen LogP contribution in [0.25, 0.3) is 0 Å². The van der Waals surface area contributed by atoms with E-state index in [1.807, 2.05) is 30.3 Å². The highest BCUT2D eigenvalue weighted by Gasteiger charge is 2.51. The van der Waals surface area contributed by atoms with E-state index in [2.05, 4.69) is 6.92 Å². The third-order valence-electron chi connectivity index (χ3n) is 8.33. The van der Waals surface area contributed by atoms with Crippen LogP contribution >= 0.6 is 0 Å². The SMILES string of the molecule is CCCCCCCCCCCCO[C@@H]1O[C@@H]2COC(c3ccccc3)O[C@H]2[C@@H]2OCCOCCOCCOCCOCCO[C@@H]12. The van der Waals surface area contributed by atoms with E-state index >= 15 is 0 Å². The van der Waals surface area contributed by atoms with Crippen molar-refractivity contribution in [3.63, 3.8) is 0 Å². The van der Waals surface area contributed by atoms with Gasteiger partial charge in [0.05, 0.1) is 72.7 Å². The number of fused-ring (bicyclic) bond motifs is 3. The maximum absolute atomic E-state index is 6.53. The molecule has 0 N–H and O–H groups in total. The second-order valence-corrected chi connectivity index (χ2v) is 11.9. The van der Waals surface area contributed by atoms with E-state index in [1.165, 1.54) is 51.4 Å². The minimum Gasteiger partial charge on any atom is -0.377 e.